The van der Waals surface area contributed by atoms with E-state index in [9.17, 15) is 13.2 Å². The molecule has 1 aliphatic heterocycles. The number of nitrogens with zero attached hydrogens (tertiary/aromatic N) is 1. The van der Waals surface area contributed by atoms with Crippen molar-refractivity contribution in [1.82, 2.24) is 14.9 Å². The highest BCUT2D eigenvalue weighted by Gasteiger charge is 2.18. The Morgan fingerprint density at radius 2 is 1.56 bits per heavy atom. The molecule has 4 rings (SSSR count). The van der Waals surface area contributed by atoms with E-state index < -0.39 is 10.0 Å². The summed E-state index contributed by atoms with van der Waals surface area (Å²) >= 11 is 0. The van der Waals surface area contributed by atoms with Crippen molar-refractivity contribution in [3.8, 4) is 0 Å². The molecule has 0 unspecified atom stereocenters. The highest BCUT2D eigenvalue weighted by molar-refractivity contribution is 7.89. The van der Waals surface area contributed by atoms with Gasteiger partial charge in [-0.25, -0.2) is 13.1 Å². The minimum atomic E-state index is -3.61. The van der Waals surface area contributed by atoms with E-state index in [0.717, 1.165) is 43.4 Å². The number of amides is 1. The van der Waals surface area contributed by atoms with Crippen molar-refractivity contribution >= 4 is 15.9 Å². The van der Waals surface area contributed by atoms with Crippen LogP contribution in [0.4, 0.5) is 0 Å². The van der Waals surface area contributed by atoms with E-state index in [2.05, 4.69) is 27.1 Å². The lowest BCUT2D eigenvalue weighted by atomic mass is 9.92. The maximum atomic E-state index is 12.6. The lowest BCUT2D eigenvalue weighted by molar-refractivity contribution is -0.121. The summed E-state index contributed by atoms with van der Waals surface area (Å²) in [7, 11) is -3.61. The van der Waals surface area contributed by atoms with E-state index in [1.807, 2.05) is 18.2 Å². The van der Waals surface area contributed by atoms with E-state index in [1.165, 1.54) is 37.1 Å². The molecule has 7 heteroatoms. The van der Waals surface area contributed by atoms with E-state index in [4.69, 9.17) is 0 Å². The Balaban J connectivity index is 1.20. The number of hydrogen-bond acceptors (Lipinski definition) is 4. The van der Waals surface area contributed by atoms with Gasteiger partial charge in [0, 0.05) is 26.1 Å². The Hall–Kier alpha value is -2.22. The first kappa shape index (κ1) is 23.0. The predicted molar refractivity (Wildman–Crippen MR) is 126 cm³/mol. The van der Waals surface area contributed by atoms with Crippen LogP contribution < -0.4 is 10.0 Å². The molecule has 0 spiro atoms. The van der Waals surface area contributed by atoms with Crippen LogP contribution >= 0.6 is 0 Å². The number of likely N-dealkylation sites (tertiary alicyclic amines) is 1. The molecule has 32 heavy (non-hydrogen) atoms. The Morgan fingerprint density at radius 1 is 0.875 bits per heavy atom. The number of fused-ring (bicyclic) bond motifs is 1. The van der Waals surface area contributed by atoms with Crippen molar-refractivity contribution in [2.75, 3.05) is 19.6 Å². The van der Waals surface area contributed by atoms with Gasteiger partial charge in [0.15, 0.2) is 0 Å². The van der Waals surface area contributed by atoms with Crippen LogP contribution in [0.5, 0.6) is 0 Å². The van der Waals surface area contributed by atoms with Crippen molar-refractivity contribution in [2.45, 2.75) is 62.9 Å². The Bertz CT molecular complexity index is 1030. The highest BCUT2D eigenvalue weighted by atomic mass is 32.2. The Morgan fingerprint density at radius 3 is 2.31 bits per heavy atom. The number of hydrogen-bond donors (Lipinski definition) is 2. The zero-order chi connectivity index (χ0) is 22.4. The van der Waals surface area contributed by atoms with Crippen molar-refractivity contribution < 1.29 is 13.2 Å². The van der Waals surface area contributed by atoms with Gasteiger partial charge in [0.2, 0.25) is 15.9 Å². The van der Waals surface area contributed by atoms with Gasteiger partial charge in [-0.3, -0.25) is 9.69 Å². The second kappa shape index (κ2) is 10.6. The zero-order valence-corrected chi connectivity index (χ0v) is 19.4. The first-order valence-electron chi connectivity index (χ1n) is 11.7. The summed E-state index contributed by atoms with van der Waals surface area (Å²) in [5.41, 5.74) is 4.71. The van der Waals surface area contributed by atoms with E-state index >= 15 is 0 Å². The first-order chi connectivity index (χ1) is 15.5. The van der Waals surface area contributed by atoms with Gasteiger partial charge in [0.05, 0.1) is 4.90 Å². The van der Waals surface area contributed by atoms with Gasteiger partial charge < -0.3 is 5.32 Å². The Labute approximate surface area is 191 Å². The Kier molecular flexibility index (Phi) is 7.60. The second-order valence-electron chi connectivity index (χ2n) is 8.86. The average molecular weight is 456 g/mol. The number of aryl methyl sites for hydroxylation is 2. The second-order valence-corrected chi connectivity index (χ2v) is 10.6. The van der Waals surface area contributed by atoms with Crippen LogP contribution in [0.3, 0.4) is 0 Å². The van der Waals surface area contributed by atoms with Gasteiger partial charge in [-0.2, -0.15) is 0 Å². The standard InChI is InChI=1S/C25H33N3O3S/c29-25(26-18-20-7-9-21(10-8-20)19-28-15-3-4-16-28)13-14-27-32(30,31)24-12-11-22-5-1-2-6-23(22)17-24/h7-12,17,27H,1-6,13-16,18-19H2,(H,26,29). The van der Waals surface area contributed by atoms with Crippen LogP contribution in [0.25, 0.3) is 0 Å². The van der Waals surface area contributed by atoms with Crippen LogP contribution in [-0.4, -0.2) is 38.9 Å². The maximum absolute atomic E-state index is 12.6. The van der Waals surface area contributed by atoms with Crippen LogP contribution in [0.1, 0.15) is 54.4 Å². The van der Waals surface area contributed by atoms with Crippen LogP contribution in [0.15, 0.2) is 47.4 Å². The summed E-state index contributed by atoms with van der Waals surface area (Å²) in [6.07, 6.45) is 6.89. The molecular weight excluding hydrogens is 422 g/mol. The maximum Gasteiger partial charge on any atom is 0.240 e. The first-order valence-corrected chi connectivity index (χ1v) is 13.2. The molecule has 172 valence electrons. The summed E-state index contributed by atoms with van der Waals surface area (Å²) in [6.45, 7) is 3.86. The van der Waals surface area contributed by atoms with E-state index in [0.29, 0.717) is 6.54 Å². The lowest BCUT2D eigenvalue weighted by Crippen LogP contribution is -2.30. The molecule has 6 nitrogen and oxygen atoms in total. The average Bonchev–Trinajstić information content (AvgIpc) is 3.31. The van der Waals surface area contributed by atoms with E-state index in [-0.39, 0.29) is 23.8 Å². The monoisotopic (exact) mass is 455 g/mol. The summed E-state index contributed by atoms with van der Waals surface area (Å²) in [6, 6.07) is 13.7. The molecule has 0 saturated carbocycles. The molecular formula is C25H33N3O3S. The number of sulfonamides is 1. The van der Waals surface area contributed by atoms with E-state index in [1.54, 1.807) is 12.1 Å². The smallest absolute Gasteiger partial charge is 0.240 e. The predicted octanol–water partition coefficient (Wildman–Crippen LogP) is 3.15. The van der Waals surface area contributed by atoms with Crippen LogP contribution in [-0.2, 0) is 40.7 Å². The summed E-state index contributed by atoms with van der Waals surface area (Å²) in [4.78, 5) is 14.9. The lowest BCUT2D eigenvalue weighted by Gasteiger charge is -2.16. The van der Waals surface area contributed by atoms with Crippen molar-refractivity contribution in [3.05, 3.63) is 64.7 Å². The third-order valence-corrected chi connectivity index (χ3v) is 7.85. The van der Waals surface area contributed by atoms with Crippen LogP contribution in [0.2, 0.25) is 0 Å². The fraction of sp³-hybridized carbons (Fsp3) is 0.480. The molecule has 2 N–H and O–H groups in total. The van der Waals surface area contributed by atoms with Gasteiger partial charge in [-0.15, -0.1) is 0 Å². The molecule has 0 aromatic heterocycles. The van der Waals surface area contributed by atoms with Crippen molar-refractivity contribution in [1.29, 1.82) is 0 Å². The third kappa shape index (κ3) is 6.18. The van der Waals surface area contributed by atoms with Gasteiger partial charge in [-0.1, -0.05) is 30.3 Å². The minimum Gasteiger partial charge on any atom is -0.352 e. The zero-order valence-electron chi connectivity index (χ0n) is 18.6. The van der Waals surface area contributed by atoms with Gasteiger partial charge in [-0.05, 0) is 86.0 Å². The van der Waals surface area contributed by atoms with Crippen molar-refractivity contribution in [2.24, 2.45) is 0 Å². The number of nitrogens with one attached hydrogen (secondary N) is 2. The van der Waals surface area contributed by atoms with Gasteiger partial charge >= 0.3 is 0 Å². The minimum absolute atomic E-state index is 0.0834. The SMILES string of the molecule is O=C(CCNS(=O)(=O)c1ccc2c(c1)CCCC2)NCc1ccc(CN2CCCC2)cc1. The number of carbonyl (C=O) groups excluding carboxylic acids is 1. The number of rotatable bonds is 9. The molecule has 2 aromatic rings. The molecule has 1 saturated heterocycles. The van der Waals surface area contributed by atoms with Crippen LogP contribution in [0, 0.1) is 0 Å². The third-order valence-electron chi connectivity index (χ3n) is 6.39. The van der Waals surface area contributed by atoms with Gasteiger partial charge in [0.25, 0.3) is 0 Å². The molecule has 1 aliphatic carbocycles. The molecule has 0 bridgehead atoms. The fourth-order valence-electron chi connectivity index (χ4n) is 4.51. The molecule has 0 atom stereocenters. The molecule has 2 aliphatic rings. The quantitative estimate of drug-likeness (QED) is 0.609. The van der Waals surface area contributed by atoms with Gasteiger partial charge in [0.1, 0.15) is 0 Å². The molecule has 1 heterocycles. The van der Waals surface area contributed by atoms with Crippen molar-refractivity contribution in [3.63, 3.8) is 0 Å². The molecule has 1 fully saturated rings. The molecule has 2 aromatic carbocycles. The number of carbonyl (C=O) groups is 1. The molecule has 1 amide bonds. The fourth-order valence-corrected chi connectivity index (χ4v) is 5.59. The molecule has 0 radical (unpaired) electrons. The topological polar surface area (TPSA) is 78.5 Å². The number of benzene rings is 2. The highest BCUT2D eigenvalue weighted by Crippen LogP contribution is 2.24. The summed E-state index contributed by atoms with van der Waals surface area (Å²) in [5.74, 6) is -0.167. The largest absolute Gasteiger partial charge is 0.352 e. The summed E-state index contributed by atoms with van der Waals surface area (Å²) < 4.78 is 27.7. The normalized spacial score (nSPS) is 16.6. The summed E-state index contributed by atoms with van der Waals surface area (Å²) in [5, 5.41) is 2.87.